The third-order valence-electron chi connectivity index (χ3n) is 1.74. The minimum atomic E-state index is -0.984. The van der Waals surface area contributed by atoms with Crippen molar-refractivity contribution in [1.29, 1.82) is 0 Å². The largest absolute Gasteiger partial charge is 0.480 e. The zero-order chi connectivity index (χ0) is 10.4. The predicted octanol–water partition coefficient (Wildman–Crippen LogP) is -0.297. The number of carboxylic acids is 1. The van der Waals surface area contributed by atoms with Crippen LogP contribution in [0.4, 0.5) is 0 Å². The molecule has 13 heavy (non-hydrogen) atoms. The molecule has 5 heteroatoms. The highest BCUT2D eigenvalue weighted by Crippen LogP contribution is 1.97. The number of aliphatic carboxylic acids is 1. The van der Waals surface area contributed by atoms with Gasteiger partial charge in [-0.05, 0) is 13.3 Å². The summed E-state index contributed by atoms with van der Waals surface area (Å²) in [5, 5.41) is 11.2. The van der Waals surface area contributed by atoms with E-state index in [1.807, 2.05) is 6.92 Å². The van der Waals surface area contributed by atoms with Crippen LogP contribution in [0.2, 0.25) is 0 Å². The Hall–Kier alpha value is -1.10. The number of hydrogen-bond acceptors (Lipinski definition) is 3. The molecule has 76 valence electrons. The van der Waals surface area contributed by atoms with Crippen LogP contribution in [0.1, 0.15) is 26.7 Å². The molecule has 0 bridgehead atoms. The van der Waals surface area contributed by atoms with Gasteiger partial charge in [0.15, 0.2) is 0 Å². The minimum absolute atomic E-state index is 0.505. The molecule has 0 aliphatic heterocycles. The molecule has 0 spiro atoms. The van der Waals surface area contributed by atoms with Crippen LogP contribution in [0.5, 0.6) is 0 Å². The fraction of sp³-hybridized carbons (Fsp3) is 0.750. The van der Waals surface area contributed by atoms with Crippen LogP contribution >= 0.6 is 0 Å². The zero-order valence-corrected chi connectivity index (χ0v) is 7.91. The van der Waals surface area contributed by atoms with Crippen LogP contribution in [0.15, 0.2) is 0 Å². The number of rotatable bonds is 6. The third kappa shape index (κ3) is 4.47. The van der Waals surface area contributed by atoms with Gasteiger partial charge in [0.25, 0.3) is 0 Å². The van der Waals surface area contributed by atoms with Gasteiger partial charge in [-0.3, -0.25) is 14.9 Å². The maximum absolute atomic E-state index is 10.8. The van der Waals surface area contributed by atoms with Crippen molar-refractivity contribution in [3.63, 3.8) is 0 Å². The maximum Gasteiger partial charge on any atom is 0.320 e. The predicted molar refractivity (Wildman–Crippen MR) is 48.1 cm³/mol. The Balaban J connectivity index is 4.09. The number of nitrogens with one attached hydrogen (secondary N) is 1. The van der Waals surface area contributed by atoms with Crippen molar-refractivity contribution >= 4 is 11.9 Å². The molecule has 0 aromatic carbocycles. The first kappa shape index (κ1) is 11.9. The molecule has 5 nitrogen and oxygen atoms in total. The van der Waals surface area contributed by atoms with Gasteiger partial charge < -0.3 is 10.8 Å². The van der Waals surface area contributed by atoms with Crippen LogP contribution in [-0.4, -0.2) is 29.1 Å². The second-order valence-electron chi connectivity index (χ2n) is 2.97. The highest BCUT2D eigenvalue weighted by Gasteiger charge is 2.19. The van der Waals surface area contributed by atoms with Crippen molar-refractivity contribution in [2.45, 2.75) is 38.8 Å². The second kappa shape index (κ2) is 5.53. The molecule has 0 aromatic heterocycles. The SMILES string of the molecule is CCC[C@H](N[C@@H](C)C(=O)O)C(N)=O. The number of carboxylic acid groups (broad SMARTS) is 1. The number of nitrogens with two attached hydrogens (primary N) is 1. The third-order valence-corrected chi connectivity index (χ3v) is 1.74. The van der Waals surface area contributed by atoms with E-state index in [9.17, 15) is 9.59 Å². The van der Waals surface area contributed by atoms with Crippen LogP contribution in [-0.2, 0) is 9.59 Å². The van der Waals surface area contributed by atoms with Gasteiger partial charge in [-0.15, -0.1) is 0 Å². The summed E-state index contributed by atoms with van der Waals surface area (Å²) in [6.07, 6.45) is 1.35. The fourth-order valence-electron chi connectivity index (χ4n) is 0.969. The molecule has 0 unspecified atom stereocenters. The molecule has 2 atom stereocenters. The summed E-state index contributed by atoms with van der Waals surface area (Å²) in [5.74, 6) is -1.49. The molecular weight excluding hydrogens is 172 g/mol. The Bertz CT molecular complexity index is 194. The van der Waals surface area contributed by atoms with E-state index in [-0.39, 0.29) is 0 Å². The molecule has 0 radical (unpaired) electrons. The first-order valence-corrected chi connectivity index (χ1v) is 4.27. The smallest absolute Gasteiger partial charge is 0.320 e. The normalized spacial score (nSPS) is 14.9. The summed E-state index contributed by atoms with van der Waals surface area (Å²) >= 11 is 0. The summed E-state index contributed by atoms with van der Waals surface area (Å²) in [4.78, 5) is 21.3. The highest BCUT2D eigenvalue weighted by molar-refractivity contribution is 5.81. The van der Waals surface area contributed by atoms with Gasteiger partial charge in [0.2, 0.25) is 5.91 Å². The Labute approximate surface area is 77.3 Å². The molecule has 0 aromatic rings. The van der Waals surface area contributed by atoms with Gasteiger partial charge in [0.1, 0.15) is 6.04 Å². The van der Waals surface area contributed by atoms with E-state index in [2.05, 4.69) is 5.32 Å². The number of amides is 1. The number of primary amides is 1. The van der Waals surface area contributed by atoms with Crippen LogP contribution < -0.4 is 11.1 Å². The lowest BCUT2D eigenvalue weighted by molar-refractivity contribution is -0.139. The molecule has 0 fully saturated rings. The molecule has 4 N–H and O–H groups in total. The Kier molecular flexibility index (Phi) is 5.06. The zero-order valence-electron chi connectivity index (χ0n) is 7.91. The summed E-state index contributed by atoms with van der Waals surface area (Å²) in [5.41, 5.74) is 5.08. The fourth-order valence-corrected chi connectivity index (χ4v) is 0.969. The maximum atomic E-state index is 10.8. The minimum Gasteiger partial charge on any atom is -0.480 e. The van der Waals surface area contributed by atoms with E-state index in [0.717, 1.165) is 6.42 Å². The Morgan fingerprint density at radius 1 is 1.54 bits per heavy atom. The molecule has 0 heterocycles. The molecule has 0 aliphatic rings. The van der Waals surface area contributed by atoms with E-state index in [1.165, 1.54) is 6.92 Å². The lowest BCUT2D eigenvalue weighted by atomic mass is 10.1. The van der Waals surface area contributed by atoms with Crippen molar-refractivity contribution in [3.05, 3.63) is 0 Å². The van der Waals surface area contributed by atoms with Crippen molar-refractivity contribution in [2.75, 3.05) is 0 Å². The average Bonchev–Trinajstić information content (AvgIpc) is 2.03. The van der Waals surface area contributed by atoms with Crippen LogP contribution in [0.3, 0.4) is 0 Å². The first-order chi connectivity index (χ1) is 5.99. The van der Waals surface area contributed by atoms with E-state index in [0.29, 0.717) is 6.42 Å². The van der Waals surface area contributed by atoms with Gasteiger partial charge in [-0.1, -0.05) is 13.3 Å². The van der Waals surface area contributed by atoms with Crippen molar-refractivity contribution in [3.8, 4) is 0 Å². The van der Waals surface area contributed by atoms with Crippen molar-refractivity contribution in [1.82, 2.24) is 5.32 Å². The topological polar surface area (TPSA) is 92.4 Å². The van der Waals surface area contributed by atoms with E-state index in [1.54, 1.807) is 0 Å². The van der Waals surface area contributed by atoms with Gasteiger partial charge in [-0.25, -0.2) is 0 Å². The molecule has 0 saturated carbocycles. The summed E-state index contributed by atoms with van der Waals surface area (Å²) in [6, 6.07) is -1.29. The summed E-state index contributed by atoms with van der Waals surface area (Å²) < 4.78 is 0. The summed E-state index contributed by atoms with van der Waals surface area (Å²) in [7, 11) is 0. The molecule has 0 saturated heterocycles. The van der Waals surface area contributed by atoms with Gasteiger partial charge in [-0.2, -0.15) is 0 Å². The van der Waals surface area contributed by atoms with E-state index in [4.69, 9.17) is 10.8 Å². The number of carbonyl (C=O) groups excluding carboxylic acids is 1. The van der Waals surface area contributed by atoms with E-state index < -0.39 is 24.0 Å². The van der Waals surface area contributed by atoms with Gasteiger partial charge in [0.05, 0.1) is 6.04 Å². The monoisotopic (exact) mass is 188 g/mol. The second-order valence-corrected chi connectivity index (χ2v) is 2.97. The average molecular weight is 188 g/mol. The Morgan fingerprint density at radius 2 is 2.08 bits per heavy atom. The highest BCUT2D eigenvalue weighted by atomic mass is 16.4. The molecule has 0 aliphatic carbocycles. The van der Waals surface area contributed by atoms with E-state index >= 15 is 0 Å². The summed E-state index contributed by atoms with van der Waals surface area (Å²) in [6.45, 7) is 3.39. The lowest BCUT2D eigenvalue weighted by Crippen LogP contribution is -2.48. The van der Waals surface area contributed by atoms with Crippen molar-refractivity contribution < 1.29 is 14.7 Å². The molecule has 0 rings (SSSR count). The lowest BCUT2D eigenvalue weighted by Gasteiger charge is -2.17. The van der Waals surface area contributed by atoms with Gasteiger partial charge >= 0.3 is 5.97 Å². The van der Waals surface area contributed by atoms with Crippen molar-refractivity contribution in [2.24, 2.45) is 5.73 Å². The Morgan fingerprint density at radius 3 is 2.38 bits per heavy atom. The molecular formula is C8H16N2O3. The standard InChI is InChI=1S/C8H16N2O3/c1-3-4-6(7(9)11)10-5(2)8(12)13/h5-6,10H,3-4H2,1-2H3,(H2,9,11)(H,12,13)/t5-,6-/m0/s1. The van der Waals surface area contributed by atoms with Crippen LogP contribution in [0.25, 0.3) is 0 Å². The quantitative estimate of drug-likeness (QED) is 0.533. The van der Waals surface area contributed by atoms with Gasteiger partial charge in [0, 0.05) is 0 Å². The molecule has 1 amide bonds. The van der Waals surface area contributed by atoms with Crippen LogP contribution in [0, 0.1) is 0 Å². The first-order valence-electron chi connectivity index (χ1n) is 4.27. The number of carbonyl (C=O) groups is 2. The number of hydrogen-bond donors (Lipinski definition) is 3.